The van der Waals surface area contributed by atoms with Crippen molar-refractivity contribution in [3.63, 3.8) is 0 Å². The highest BCUT2D eigenvalue weighted by Gasteiger charge is 2.59. The highest BCUT2D eigenvalue weighted by molar-refractivity contribution is 5.92. The summed E-state index contributed by atoms with van der Waals surface area (Å²) in [4.78, 5) is 23.8. The predicted octanol–water partition coefficient (Wildman–Crippen LogP) is 2.95. The van der Waals surface area contributed by atoms with Crippen LogP contribution in [-0.4, -0.2) is 29.6 Å². The van der Waals surface area contributed by atoms with Gasteiger partial charge in [0.25, 0.3) is 0 Å². The fraction of sp³-hybridized carbons (Fsp3) is 0.700. The summed E-state index contributed by atoms with van der Waals surface area (Å²) in [5.74, 6) is 0.316. The number of rotatable bonds is 1. The van der Waals surface area contributed by atoms with Crippen LogP contribution in [0.2, 0.25) is 0 Å². The molecule has 0 aromatic rings. The number of aliphatic hydroxyl groups excluding tert-OH is 1. The van der Waals surface area contributed by atoms with Crippen LogP contribution in [0.4, 0.5) is 0 Å². The van der Waals surface area contributed by atoms with Gasteiger partial charge in [-0.3, -0.25) is 0 Å². The van der Waals surface area contributed by atoms with E-state index in [1.165, 1.54) is 5.57 Å². The molecule has 2 fully saturated rings. The Morgan fingerprint density at radius 1 is 1.33 bits per heavy atom. The standard InChI is InChI=1S/C20H26O4/c1-11-13-8-12-4-5-16-19(2,7-6-17(22)20(16,3)10-21)14(12)9-15(13)24-18(11)23/h8,10,14-17,22H,4-7,9H2,1-3H3. The smallest absolute Gasteiger partial charge is 0.334 e. The Morgan fingerprint density at radius 2 is 2.08 bits per heavy atom. The lowest BCUT2D eigenvalue weighted by Gasteiger charge is -2.59. The molecule has 24 heavy (non-hydrogen) atoms. The largest absolute Gasteiger partial charge is 0.454 e. The molecule has 4 rings (SSSR count). The Hall–Kier alpha value is -1.42. The molecule has 4 nitrogen and oxygen atoms in total. The van der Waals surface area contributed by atoms with Gasteiger partial charge in [-0.2, -0.15) is 0 Å². The number of hydrogen-bond acceptors (Lipinski definition) is 4. The highest BCUT2D eigenvalue weighted by atomic mass is 16.5. The number of carbonyl (C=O) groups excluding carboxylic acids is 2. The molecule has 3 aliphatic carbocycles. The van der Waals surface area contributed by atoms with Crippen molar-refractivity contribution in [2.45, 2.75) is 65.1 Å². The van der Waals surface area contributed by atoms with Crippen LogP contribution in [0.3, 0.4) is 0 Å². The van der Waals surface area contributed by atoms with E-state index in [-0.39, 0.29) is 23.4 Å². The Bertz CT molecular complexity index is 675. The molecular formula is C20H26O4. The number of fused-ring (bicyclic) bond motifs is 4. The molecule has 0 amide bonds. The van der Waals surface area contributed by atoms with E-state index in [9.17, 15) is 14.7 Å². The minimum absolute atomic E-state index is 0.0204. The molecule has 6 unspecified atom stereocenters. The number of esters is 1. The second-order valence-corrected chi connectivity index (χ2v) is 8.62. The van der Waals surface area contributed by atoms with Gasteiger partial charge < -0.3 is 14.6 Å². The maximum Gasteiger partial charge on any atom is 0.334 e. The maximum atomic E-state index is 11.9. The zero-order chi connectivity index (χ0) is 17.3. The molecule has 1 aliphatic heterocycles. The van der Waals surface area contributed by atoms with Crippen molar-refractivity contribution in [2.24, 2.45) is 22.7 Å². The molecular weight excluding hydrogens is 304 g/mol. The van der Waals surface area contributed by atoms with Gasteiger partial charge in [-0.1, -0.05) is 25.5 Å². The van der Waals surface area contributed by atoms with Gasteiger partial charge in [0.15, 0.2) is 0 Å². The van der Waals surface area contributed by atoms with Crippen LogP contribution in [-0.2, 0) is 14.3 Å². The molecule has 0 aromatic carbocycles. The summed E-state index contributed by atoms with van der Waals surface area (Å²) in [5.41, 5.74) is 2.52. The molecule has 0 aromatic heterocycles. The number of aliphatic hydroxyl groups is 1. The van der Waals surface area contributed by atoms with Gasteiger partial charge in [0.05, 0.1) is 11.5 Å². The quantitative estimate of drug-likeness (QED) is 0.593. The van der Waals surface area contributed by atoms with E-state index in [0.29, 0.717) is 12.3 Å². The first kappa shape index (κ1) is 16.1. The average molecular weight is 330 g/mol. The minimum Gasteiger partial charge on any atom is -0.454 e. The van der Waals surface area contributed by atoms with Crippen molar-refractivity contribution in [1.29, 1.82) is 0 Å². The van der Waals surface area contributed by atoms with Gasteiger partial charge in [0.2, 0.25) is 0 Å². The van der Waals surface area contributed by atoms with Crippen LogP contribution in [0, 0.1) is 22.7 Å². The van der Waals surface area contributed by atoms with Crippen molar-refractivity contribution < 1.29 is 19.4 Å². The summed E-state index contributed by atoms with van der Waals surface area (Å²) >= 11 is 0. The van der Waals surface area contributed by atoms with Crippen molar-refractivity contribution in [3.8, 4) is 0 Å². The third-order valence-corrected chi connectivity index (χ3v) is 7.57. The van der Waals surface area contributed by atoms with Crippen molar-refractivity contribution in [1.82, 2.24) is 0 Å². The van der Waals surface area contributed by atoms with E-state index in [2.05, 4.69) is 13.0 Å². The Kier molecular flexibility index (Phi) is 3.38. The van der Waals surface area contributed by atoms with E-state index in [0.717, 1.165) is 43.1 Å². The van der Waals surface area contributed by atoms with Crippen LogP contribution < -0.4 is 0 Å². The van der Waals surface area contributed by atoms with E-state index < -0.39 is 11.5 Å². The lowest BCUT2D eigenvalue weighted by molar-refractivity contribution is -0.155. The number of hydrogen-bond donors (Lipinski definition) is 1. The number of carbonyl (C=O) groups is 2. The van der Waals surface area contributed by atoms with Gasteiger partial charge in [0.1, 0.15) is 12.4 Å². The lowest BCUT2D eigenvalue weighted by Crippen LogP contribution is -2.57. The summed E-state index contributed by atoms with van der Waals surface area (Å²) in [5, 5.41) is 10.5. The SMILES string of the molecule is CC1=C2C=C3CCC4C(C)(C=O)C(O)CCC4(C)C3CC2OC1=O. The van der Waals surface area contributed by atoms with Crippen LogP contribution >= 0.6 is 0 Å². The first-order chi connectivity index (χ1) is 11.3. The molecule has 130 valence electrons. The monoisotopic (exact) mass is 330 g/mol. The van der Waals surface area contributed by atoms with Gasteiger partial charge in [-0.25, -0.2) is 4.79 Å². The summed E-state index contributed by atoms with van der Waals surface area (Å²) in [7, 11) is 0. The molecule has 0 radical (unpaired) electrons. The van der Waals surface area contributed by atoms with E-state index in [4.69, 9.17) is 4.74 Å². The van der Waals surface area contributed by atoms with Crippen LogP contribution in [0.25, 0.3) is 0 Å². The second kappa shape index (κ2) is 5.04. The zero-order valence-corrected chi connectivity index (χ0v) is 14.7. The van der Waals surface area contributed by atoms with Crippen molar-refractivity contribution >= 4 is 12.3 Å². The topological polar surface area (TPSA) is 63.6 Å². The fourth-order valence-electron chi connectivity index (χ4n) is 6.03. The summed E-state index contributed by atoms with van der Waals surface area (Å²) < 4.78 is 5.57. The summed E-state index contributed by atoms with van der Waals surface area (Å²) in [6.45, 7) is 6.06. The first-order valence-electron chi connectivity index (χ1n) is 9.08. The molecule has 4 heteroatoms. The third-order valence-electron chi connectivity index (χ3n) is 7.57. The van der Waals surface area contributed by atoms with Crippen LogP contribution in [0.5, 0.6) is 0 Å². The molecule has 0 bridgehead atoms. The second-order valence-electron chi connectivity index (χ2n) is 8.62. The molecule has 4 aliphatic rings. The van der Waals surface area contributed by atoms with Crippen LogP contribution in [0.15, 0.2) is 22.8 Å². The molecule has 1 heterocycles. The molecule has 6 atom stereocenters. The molecule has 2 saturated carbocycles. The van der Waals surface area contributed by atoms with Crippen molar-refractivity contribution in [3.05, 3.63) is 22.8 Å². The van der Waals surface area contributed by atoms with Gasteiger partial charge >= 0.3 is 5.97 Å². The predicted molar refractivity (Wildman–Crippen MR) is 89.0 cm³/mol. The van der Waals surface area contributed by atoms with Gasteiger partial charge in [-0.05, 0) is 56.3 Å². The zero-order valence-electron chi connectivity index (χ0n) is 14.7. The normalized spacial score (nSPS) is 47.3. The lowest BCUT2D eigenvalue weighted by atomic mass is 9.45. The minimum atomic E-state index is -0.670. The Labute approximate surface area is 143 Å². The van der Waals surface area contributed by atoms with Gasteiger partial charge in [-0.15, -0.1) is 0 Å². The Balaban J connectivity index is 1.75. The number of allylic oxidation sites excluding steroid dienone is 1. The number of aldehydes is 1. The first-order valence-corrected chi connectivity index (χ1v) is 9.08. The Morgan fingerprint density at radius 3 is 2.79 bits per heavy atom. The van der Waals surface area contributed by atoms with E-state index in [1.807, 2.05) is 13.8 Å². The fourth-order valence-corrected chi connectivity index (χ4v) is 6.03. The van der Waals surface area contributed by atoms with Crippen LogP contribution in [0.1, 0.15) is 52.9 Å². The van der Waals surface area contributed by atoms with E-state index >= 15 is 0 Å². The molecule has 0 spiro atoms. The summed E-state index contributed by atoms with van der Waals surface area (Å²) in [6, 6.07) is 0. The van der Waals surface area contributed by atoms with Crippen molar-refractivity contribution in [2.75, 3.05) is 0 Å². The maximum absolute atomic E-state index is 11.9. The van der Waals surface area contributed by atoms with Gasteiger partial charge in [0, 0.05) is 11.1 Å². The molecule has 0 saturated heterocycles. The van der Waals surface area contributed by atoms with E-state index in [1.54, 1.807) is 0 Å². The third kappa shape index (κ3) is 1.89. The molecule has 1 N–H and O–H groups in total. The average Bonchev–Trinajstić information content (AvgIpc) is 2.84. The highest BCUT2D eigenvalue weighted by Crippen LogP contribution is 2.63. The summed E-state index contributed by atoms with van der Waals surface area (Å²) in [6.07, 6.45) is 6.78. The number of ether oxygens (including phenoxy) is 1.